The van der Waals surface area contributed by atoms with Crippen molar-refractivity contribution in [1.29, 1.82) is 0 Å². The lowest BCUT2D eigenvalue weighted by molar-refractivity contribution is 0.683. The molecule has 0 aliphatic heterocycles. The van der Waals surface area contributed by atoms with Gasteiger partial charge in [0.1, 0.15) is 11.3 Å². The highest BCUT2D eigenvalue weighted by molar-refractivity contribution is 6.19. The Morgan fingerprint density at radius 1 is 1.13 bits per heavy atom. The topological polar surface area (TPSA) is 61.8 Å². The lowest BCUT2D eigenvalue weighted by atomic mass is 10.1. The van der Waals surface area contributed by atoms with Gasteiger partial charge in [-0.15, -0.1) is 0 Å². The van der Waals surface area contributed by atoms with Crippen LogP contribution in [0.2, 0.25) is 0 Å². The number of rotatable bonds is 3. The second-order valence-corrected chi connectivity index (χ2v) is 6.14. The number of benzene rings is 1. The van der Waals surface area contributed by atoms with E-state index in [9.17, 15) is 9.59 Å². The zero-order valence-corrected chi connectivity index (χ0v) is 13.9. The normalized spacial score (nSPS) is 12.7. The molecule has 0 aliphatic rings. The molecule has 0 amide bonds. The van der Waals surface area contributed by atoms with Crippen molar-refractivity contribution in [2.24, 2.45) is 14.1 Å². The first-order chi connectivity index (χ1) is 10.9. The lowest BCUT2D eigenvalue weighted by Crippen LogP contribution is -2.37. The molecule has 0 N–H and O–H groups in total. The van der Waals surface area contributed by atoms with E-state index in [0.29, 0.717) is 23.4 Å². The molecule has 23 heavy (non-hydrogen) atoms. The average Bonchev–Trinajstić information content (AvgIpc) is 2.91. The summed E-state index contributed by atoms with van der Waals surface area (Å²) < 4.78 is 4.15. The Morgan fingerprint density at radius 3 is 2.39 bits per heavy atom. The number of halogens is 1. The van der Waals surface area contributed by atoms with Crippen LogP contribution in [0.5, 0.6) is 0 Å². The molecule has 3 rings (SSSR count). The zero-order valence-electron chi connectivity index (χ0n) is 13.2. The van der Waals surface area contributed by atoms with Gasteiger partial charge < -0.3 is 4.57 Å². The van der Waals surface area contributed by atoms with Gasteiger partial charge in [0.05, 0.1) is 0 Å². The summed E-state index contributed by atoms with van der Waals surface area (Å²) in [6.07, 6.45) is 0.532. The van der Waals surface area contributed by atoms with Crippen LogP contribution in [-0.2, 0) is 20.5 Å². The largest absolute Gasteiger partial charge is 0.332 e. The predicted octanol–water partition coefficient (Wildman–Crippen LogP) is 1.78. The maximum absolute atomic E-state index is 12.5. The molecule has 120 valence electrons. The van der Waals surface area contributed by atoms with Crippen molar-refractivity contribution in [3.05, 3.63) is 62.6 Å². The Labute approximate surface area is 137 Å². The molecule has 7 heteroatoms. The SMILES string of the molecule is CC(Cl)n1c(Cc2ccccc2)nc2c1c(=O)n(C)c(=O)n2C. The van der Waals surface area contributed by atoms with E-state index < -0.39 is 11.2 Å². The third-order valence-corrected chi connectivity index (χ3v) is 4.12. The van der Waals surface area contributed by atoms with Gasteiger partial charge in [0, 0.05) is 20.5 Å². The third-order valence-electron chi connectivity index (χ3n) is 3.93. The number of imidazole rings is 1. The van der Waals surface area contributed by atoms with E-state index in [1.54, 1.807) is 18.5 Å². The molecule has 0 bridgehead atoms. The second-order valence-electron chi connectivity index (χ2n) is 5.51. The number of hydrogen-bond donors (Lipinski definition) is 0. The number of nitrogens with zero attached hydrogens (tertiary/aromatic N) is 4. The van der Waals surface area contributed by atoms with Crippen LogP contribution in [-0.4, -0.2) is 18.7 Å². The number of hydrogen-bond acceptors (Lipinski definition) is 3. The molecule has 0 radical (unpaired) electrons. The van der Waals surface area contributed by atoms with Crippen molar-refractivity contribution >= 4 is 22.8 Å². The highest BCUT2D eigenvalue weighted by Crippen LogP contribution is 2.22. The molecular formula is C16H17ClN4O2. The van der Waals surface area contributed by atoms with Gasteiger partial charge in [0.2, 0.25) is 0 Å². The van der Waals surface area contributed by atoms with Crippen LogP contribution >= 0.6 is 11.6 Å². The smallest absolute Gasteiger partial charge is 0.305 e. The number of aromatic nitrogens is 4. The van der Waals surface area contributed by atoms with E-state index >= 15 is 0 Å². The molecular weight excluding hydrogens is 316 g/mol. The molecule has 0 spiro atoms. The maximum atomic E-state index is 12.5. The Morgan fingerprint density at radius 2 is 1.78 bits per heavy atom. The standard InChI is InChI=1S/C16H17ClN4O2/c1-10(17)21-12(9-11-7-5-4-6-8-11)18-14-13(21)15(22)20(3)16(23)19(14)2/h4-8,10H,9H2,1-3H3. The van der Waals surface area contributed by atoms with Gasteiger partial charge in [-0.3, -0.25) is 13.9 Å². The molecule has 2 heterocycles. The van der Waals surface area contributed by atoms with E-state index in [1.165, 1.54) is 11.6 Å². The summed E-state index contributed by atoms with van der Waals surface area (Å²) in [5, 5.41) is 0. The highest BCUT2D eigenvalue weighted by Gasteiger charge is 2.21. The van der Waals surface area contributed by atoms with Crippen LogP contribution < -0.4 is 11.2 Å². The molecule has 1 unspecified atom stereocenters. The molecule has 0 fully saturated rings. The van der Waals surface area contributed by atoms with Gasteiger partial charge in [-0.1, -0.05) is 41.9 Å². The minimum Gasteiger partial charge on any atom is -0.305 e. The number of aryl methyl sites for hydroxylation is 1. The first kappa shape index (κ1) is 15.6. The fraction of sp³-hybridized carbons (Fsp3) is 0.312. The van der Waals surface area contributed by atoms with E-state index in [0.717, 1.165) is 10.1 Å². The molecule has 6 nitrogen and oxygen atoms in total. The monoisotopic (exact) mass is 332 g/mol. The van der Waals surface area contributed by atoms with Crippen LogP contribution in [0.3, 0.4) is 0 Å². The minimum atomic E-state index is -0.455. The van der Waals surface area contributed by atoms with E-state index in [-0.39, 0.29) is 5.56 Å². The van der Waals surface area contributed by atoms with E-state index in [1.807, 2.05) is 30.3 Å². The Bertz CT molecular complexity index is 983. The molecule has 1 aromatic carbocycles. The molecule has 3 aromatic rings. The van der Waals surface area contributed by atoms with Crippen molar-refractivity contribution in [3.8, 4) is 0 Å². The average molecular weight is 333 g/mol. The van der Waals surface area contributed by atoms with Crippen LogP contribution in [0.15, 0.2) is 39.9 Å². The first-order valence-corrected chi connectivity index (χ1v) is 7.70. The molecule has 0 aliphatic carbocycles. The highest BCUT2D eigenvalue weighted by atomic mass is 35.5. The van der Waals surface area contributed by atoms with Gasteiger partial charge in [0.15, 0.2) is 11.2 Å². The van der Waals surface area contributed by atoms with E-state index in [4.69, 9.17) is 11.6 Å². The Hall–Kier alpha value is -2.34. The molecule has 0 saturated heterocycles. The van der Waals surface area contributed by atoms with Crippen molar-refractivity contribution < 1.29 is 0 Å². The fourth-order valence-electron chi connectivity index (χ4n) is 2.75. The van der Waals surface area contributed by atoms with Gasteiger partial charge >= 0.3 is 5.69 Å². The van der Waals surface area contributed by atoms with Crippen molar-refractivity contribution in [2.75, 3.05) is 0 Å². The van der Waals surface area contributed by atoms with Gasteiger partial charge in [-0.2, -0.15) is 0 Å². The van der Waals surface area contributed by atoms with Crippen LogP contribution in [0.25, 0.3) is 11.2 Å². The summed E-state index contributed by atoms with van der Waals surface area (Å²) in [5.74, 6) is 0.659. The molecule has 2 aromatic heterocycles. The van der Waals surface area contributed by atoms with Gasteiger partial charge in [0.25, 0.3) is 5.56 Å². The summed E-state index contributed by atoms with van der Waals surface area (Å²) in [6.45, 7) is 1.78. The number of fused-ring (bicyclic) bond motifs is 1. The van der Waals surface area contributed by atoms with Crippen LogP contribution in [0.1, 0.15) is 23.8 Å². The third kappa shape index (κ3) is 2.49. The summed E-state index contributed by atoms with van der Waals surface area (Å²) in [7, 11) is 3.06. The summed E-state index contributed by atoms with van der Waals surface area (Å²) >= 11 is 6.30. The Balaban J connectivity index is 2.33. The van der Waals surface area contributed by atoms with Crippen LogP contribution in [0, 0.1) is 0 Å². The second kappa shape index (κ2) is 5.70. The lowest BCUT2D eigenvalue weighted by Gasteiger charge is -2.11. The quantitative estimate of drug-likeness (QED) is 0.687. The molecule has 0 saturated carbocycles. The predicted molar refractivity (Wildman–Crippen MR) is 90.0 cm³/mol. The van der Waals surface area contributed by atoms with Gasteiger partial charge in [-0.05, 0) is 12.5 Å². The van der Waals surface area contributed by atoms with Crippen molar-refractivity contribution in [1.82, 2.24) is 18.7 Å². The summed E-state index contributed by atoms with van der Waals surface area (Å²) in [4.78, 5) is 29.1. The van der Waals surface area contributed by atoms with Crippen molar-refractivity contribution in [3.63, 3.8) is 0 Å². The summed E-state index contributed by atoms with van der Waals surface area (Å²) in [5.41, 5.74) is 0.523. The minimum absolute atomic E-state index is 0.350. The zero-order chi connectivity index (χ0) is 16.7. The fourth-order valence-corrected chi connectivity index (χ4v) is 2.96. The maximum Gasteiger partial charge on any atom is 0.332 e. The van der Waals surface area contributed by atoms with Crippen LogP contribution in [0.4, 0.5) is 0 Å². The number of alkyl halides is 1. The Kier molecular flexibility index (Phi) is 3.85. The summed E-state index contributed by atoms with van der Waals surface area (Å²) in [6, 6.07) is 9.80. The van der Waals surface area contributed by atoms with E-state index in [2.05, 4.69) is 4.98 Å². The molecule has 1 atom stereocenters. The van der Waals surface area contributed by atoms with Gasteiger partial charge in [-0.25, -0.2) is 9.78 Å². The van der Waals surface area contributed by atoms with Crippen molar-refractivity contribution in [2.45, 2.75) is 18.8 Å². The first-order valence-electron chi connectivity index (χ1n) is 7.26.